The first-order chi connectivity index (χ1) is 19.2. The van der Waals surface area contributed by atoms with Gasteiger partial charge in [0.15, 0.2) is 0 Å². The molecule has 2 rings (SSSR count). The summed E-state index contributed by atoms with van der Waals surface area (Å²) in [7, 11) is -3.28. The molecule has 2 N–H and O–H groups in total. The van der Waals surface area contributed by atoms with Crippen LogP contribution < -0.4 is 21.2 Å². The Bertz CT molecular complexity index is 979. The van der Waals surface area contributed by atoms with Gasteiger partial charge in [0.2, 0.25) is 0 Å². The van der Waals surface area contributed by atoms with E-state index in [2.05, 4.69) is 160 Å². The second kappa shape index (κ2) is 18.9. The molecule has 0 heterocycles. The van der Waals surface area contributed by atoms with E-state index in [1.165, 1.54) is 27.8 Å². The molecule has 0 atom stereocenters. The minimum atomic E-state index is -1.64. The molecule has 0 aliphatic carbocycles. The summed E-state index contributed by atoms with van der Waals surface area (Å²) in [4.78, 5) is 8.67. The van der Waals surface area contributed by atoms with Gasteiger partial charge in [-0.2, -0.15) is 39.1 Å². The molecule has 0 radical (unpaired) electrons. The van der Waals surface area contributed by atoms with Gasteiger partial charge in [-0.1, -0.05) is 134 Å². The van der Waals surface area contributed by atoms with E-state index in [1.54, 1.807) is 10.4 Å². The molecule has 0 aliphatic heterocycles. The summed E-state index contributed by atoms with van der Waals surface area (Å²) in [6.45, 7) is 40.6. The van der Waals surface area contributed by atoms with Crippen molar-refractivity contribution in [3.05, 3.63) is 64.2 Å². The molecule has 6 heteroatoms. The van der Waals surface area contributed by atoms with Crippen molar-refractivity contribution in [2.45, 2.75) is 151 Å². The van der Waals surface area contributed by atoms with Crippen LogP contribution in [0, 0.1) is 65.7 Å². The monoisotopic (exact) mass is 850 g/mol. The maximum Gasteiger partial charge on any atom is 4.00 e. The topological polar surface area (TPSA) is 66.2 Å². The zero-order chi connectivity index (χ0) is 33.3. The van der Waals surface area contributed by atoms with E-state index < -0.39 is 22.2 Å². The first kappa shape index (κ1) is 44.2. The fourth-order valence-corrected chi connectivity index (χ4v) is 22.1. The molecule has 1 amide bonds. The summed E-state index contributed by atoms with van der Waals surface area (Å²) in [5.41, 5.74) is 15.7. The molecular formula is C37H65NO2Si2U. The predicted octanol–water partition coefficient (Wildman–Crippen LogP) is 9.26. The summed E-state index contributed by atoms with van der Waals surface area (Å²) >= 11 is 0. The molecule has 3 nitrogen and oxygen atoms in total. The molecule has 0 saturated heterocycles. The Morgan fingerprint density at radius 1 is 0.698 bits per heavy atom. The van der Waals surface area contributed by atoms with E-state index in [1.807, 2.05) is 0 Å². The Kier molecular flexibility index (Phi) is 19.4. The van der Waals surface area contributed by atoms with E-state index in [4.69, 9.17) is 9.90 Å². The average molecular weight is 850 g/mol. The smallest absolute Gasteiger partial charge is 0.530 e. The maximum absolute atomic E-state index is 8.67. The Hall–Kier alpha value is -0.934. The summed E-state index contributed by atoms with van der Waals surface area (Å²) in [6, 6.07) is 14.6. The third kappa shape index (κ3) is 10.0. The SMILES string of the molecule is CC(C)[Si](c1ccc[cH-]c([Si](C(C)C)(C(C)C)C(C)C)c[cH-]1)(C(C)C)C(C)C.Cc1c(C)c(C)[c-](C)c1C.NC(=O)[O-].[U+4]. The Balaban J connectivity index is 0. The predicted molar refractivity (Wildman–Crippen MR) is 192 cm³/mol. The van der Waals surface area contributed by atoms with E-state index in [-0.39, 0.29) is 31.1 Å². The molecule has 0 saturated carbocycles. The van der Waals surface area contributed by atoms with Gasteiger partial charge in [0, 0.05) is 8.07 Å². The van der Waals surface area contributed by atoms with Crippen LogP contribution in [0.5, 0.6) is 0 Å². The van der Waals surface area contributed by atoms with Crippen LogP contribution in [0.15, 0.2) is 36.4 Å². The molecule has 0 aromatic heterocycles. The zero-order valence-electron chi connectivity index (χ0n) is 30.8. The molecule has 2 aromatic carbocycles. The van der Waals surface area contributed by atoms with Crippen LogP contribution in [-0.4, -0.2) is 22.2 Å². The number of carbonyl (C=O) groups is 1. The van der Waals surface area contributed by atoms with Crippen molar-refractivity contribution in [1.29, 1.82) is 0 Å². The number of carbonyl (C=O) groups excluding carboxylic acids is 1. The molecule has 0 aliphatic rings. The van der Waals surface area contributed by atoms with Crippen molar-refractivity contribution < 1.29 is 41.0 Å². The van der Waals surface area contributed by atoms with Gasteiger partial charge in [0.1, 0.15) is 6.09 Å². The van der Waals surface area contributed by atoms with E-state index >= 15 is 0 Å². The van der Waals surface area contributed by atoms with Crippen LogP contribution in [0.25, 0.3) is 0 Å². The van der Waals surface area contributed by atoms with Gasteiger partial charge in [-0.15, -0.1) is 0 Å². The molecule has 0 fully saturated rings. The minimum absolute atomic E-state index is 0. The molecule has 0 spiro atoms. The Labute approximate surface area is 292 Å². The second-order valence-electron chi connectivity index (χ2n) is 14.2. The van der Waals surface area contributed by atoms with E-state index in [0.717, 1.165) is 33.2 Å². The maximum atomic E-state index is 8.67. The Morgan fingerprint density at radius 3 is 1.26 bits per heavy atom. The number of hydrogen-bond acceptors (Lipinski definition) is 2. The second-order valence-corrected chi connectivity index (χ2v) is 26.0. The summed E-state index contributed by atoms with van der Waals surface area (Å²) in [5, 5.41) is 12.0. The van der Waals surface area contributed by atoms with Crippen molar-refractivity contribution in [3.63, 3.8) is 0 Å². The quantitative estimate of drug-likeness (QED) is 0.213. The van der Waals surface area contributed by atoms with Crippen LogP contribution in [0.1, 0.15) is 111 Å². The third-order valence-corrected chi connectivity index (χ3v) is 24.8. The number of primary amides is 1. The fraction of sp³-hybridized carbons (Fsp3) is 0.622. The molecule has 2 aromatic rings. The largest absolute Gasteiger partial charge is 4.00 e. The van der Waals surface area contributed by atoms with Crippen molar-refractivity contribution in [3.8, 4) is 0 Å². The molecule has 0 bridgehead atoms. The summed E-state index contributed by atoms with van der Waals surface area (Å²) in [5.74, 6) is 0. The minimum Gasteiger partial charge on any atom is -0.530 e. The van der Waals surface area contributed by atoms with Gasteiger partial charge >= 0.3 is 31.1 Å². The number of hydrogen-bond donors (Lipinski definition) is 1. The van der Waals surface area contributed by atoms with Crippen LogP contribution >= 0.6 is 0 Å². The number of carboxylic acid groups (broad SMARTS) is 1. The fourth-order valence-electron chi connectivity index (χ4n) is 8.59. The molecular weight excluding hydrogens is 785 g/mol. The van der Waals surface area contributed by atoms with Crippen LogP contribution in [-0.2, 0) is 0 Å². The van der Waals surface area contributed by atoms with Gasteiger partial charge in [-0.25, -0.2) is 24.3 Å². The standard InChI is InChI=1S/C26H48Si2.C10H15.CH3NO2.U/c1-19(2)27(20(3)4,21(5)6)25-15-13-14-16-26(18-17-25)28(22(7)8,23(9)10)24(11)12;1-6-7(2)9(4)10(5)8(6)3;2-1(3)4;/h13-24H,1-12H3;1-5H3;2H2,(H,3,4);/q-2;-1;;+4/p-1. The van der Waals surface area contributed by atoms with Crippen molar-refractivity contribution in [2.24, 2.45) is 5.73 Å². The van der Waals surface area contributed by atoms with Gasteiger partial charge in [-0.05, 0) is 16.6 Å². The van der Waals surface area contributed by atoms with E-state index in [0.29, 0.717) is 0 Å². The molecule has 43 heavy (non-hydrogen) atoms. The zero-order valence-corrected chi connectivity index (χ0v) is 37.0. The van der Waals surface area contributed by atoms with Crippen molar-refractivity contribution >= 4 is 32.6 Å². The average Bonchev–Trinajstić information content (AvgIpc) is 2.98. The normalized spacial score (nSPS) is 11.8. The number of amides is 1. The van der Waals surface area contributed by atoms with E-state index in [9.17, 15) is 0 Å². The van der Waals surface area contributed by atoms with Crippen molar-refractivity contribution in [1.82, 2.24) is 0 Å². The third-order valence-electron chi connectivity index (χ3n) is 10.6. The van der Waals surface area contributed by atoms with Gasteiger partial charge in [-0.3, -0.25) is 11.3 Å². The van der Waals surface area contributed by atoms with Gasteiger partial charge in [0.25, 0.3) is 0 Å². The number of rotatable bonds is 8. The van der Waals surface area contributed by atoms with Crippen LogP contribution in [0.3, 0.4) is 0 Å². The van der Waals surface area contributed by atoms with Crippen molar-refractivity contribution in [2.75, 3.05) is 0 Å². The molecule has 0 unspecified atom stereocenters. The summed E-state index contributed by atoms with van der Waals surface area (Å²) < 4.78 is 0. The number of nitrogens with two attached hydrogens (primary N) is 1. The Morgan fingerprint density at radius 2 is 1.00 bits per heavy atom. The van der Waals surface area contributed by atoms with Gasteiger partial charge in [0.05, 0.1) is 8.07 Å². The summed E-state index contributed by atoms with van der Waals surface area (Å²) in [6.07, 6.45) is -1.58. The van der Waals surface area contributed by atoms with Crippen LogP contribution in [0.4, 0.5) is 4.79 Å². The molecule has 242 valence electrons. The van der Waals surface area contributed by atoms with Gasteiger partial charge < -0.3 is 15.6 Å². The first-order valence-corrected chi connectivity index (χ1v) is 20.6. The first-order valence-electron chi connectivity index (χ1n) is 16.1. The van der Waals surface area contributed by atoms with Crippen LogP contribution in [0.2, 0.25) is 33.2 Å².